The molecule has 0 atom stereocenters. The van der Waals surface area contributed by atoms with Crippen LogP contribution in [0.3, 0.4) is 0 Å². The van der Waals surface area contributed by atoms with E-state index in [2.05, 4.69) is 32.7 Å². The molecule has 0 aliphatic heterocycles. The van der Waals surface area contributed by atoms with Gasteiger partial charge in [-0.15, -0.1) is 0 Å². The first kappa shape index (κ1) is 18.0. The summed E-state index contributed by atoms with van der Waals surface area (Å²) in [4.78, 5) is 8.78. The third-order valence-corrected chi connectivity index (χ3v) is 4.35. The predicted octanol–water partition coefficient (Wildman–Crippen LogP) is 4.85. The Morgan fingerprint density at radius 1 is 1.12 bits per heavy atom. The number of methoxy groups -OCH3 is 1. The summed E-state index contributed by atoms with van der Waals surface area (Å²) in [6.45, 7) is 2.71. The number of hydrogen-bond donors (Lipinski definition) is 2. The lowest BCUT2D eigenvalue weighted by molar-refractivity contribution is 0.416. The Kier molecular flexibility index (Phi) is 5.92. The van der Waals surface area contributed by atoms with Gasteiger partial charge in [0.15, 0.2) is 0 Å². The fourth-order valence-electron chi connectivity index (χ4n) is 2.54. The van der Waals surface area contributed by atoms with Gasteiger partial charge in [0.2, 0.25) is 5.95 Å². The van der Waals surface area contributed by atoms with Crippen molar-refractivity contribution in [3.05, 3.63) is 70.9 Å². The van der Waals surface area contributed by atoms with Crippen molar-refractivity contribution >= 4 is 29.1 Å². The van der Waals surface area contributed by atoms with Crippen molar-refractivity contribution in [2.24, 2.45) is 0 Å². The molecule has 3 rings (SSSR count). The van der Waals surface area contributed by atoms with Crippen LogP contribution in [0.25, 0.3) is 0 Å². The van der Waals surface area contributed by atoms with Crippen LogP contribution in [0.4, 0.5) is 17.5 Å². The maximum Gasteiger partial charge on any atom is 0.224 e. The number of hydrogen-bond acceptors (Lipinski definition) is 5. The molecule has 134 valence electrons. The van der Waals surface area contributed by atoms with E-state index in [1.807, 2.05) is 37.3 Å². The number of aromatic nitrogens is 2. The fourth-order valence-corrected chi connectivity index (χ4v) is 2.70. The Hall–Kier alpha value is -2.79. The number of rotatable bonds is 7. The van der Waals surface area contributed by atoms with E-state index in [-0.39, 0.29) is 0 Å². The zero-order chi connectivity index (χ0) is 18.4. The quantitative estimate of drug-likeness (QED) is 0.624. The highest BCUT2D eigenvalue weighted by molar-refractivity contribution is 6.31. The number of aryl methyl sites for hydroxylation is 1. The number of benzene rings is 2. The topological polar surface area (TPSA) is 59.1 Å². The standard InChI is InChI=1S/C20H21ClN4O/c1-14-12-17(18(26-2)13-16(14)21)24-19-9-11-23-20(25-19)22-10-8-15-6-4-3-5-7-15/h3-7,9,11-13H,8,10H2,1-2H3,(H2,22,23,24,25). The monoisotopic (exact) mass is 368 g/mol. The van der Waals surface area contributed by atoms with E-state index in [0.717, 1.165) is 24.2 Å². The lowest BCUT2D eigenvalue weighted by atomic mass is 10.1. The molecule has 0 spiro atoms. The Labute approximate surface area is 158 Å². The second-order valence-corrected chi connectivity index (χ2v) is 6.26. The molecule has 0 saturated heterocycles. The minimum absolute atomic E-state index is 0.579. The van der Waals surface area contributed by atoms with Crippen molar-refractivity contribution in [2.45, 2.75) is 13.3 Å². The van der Waals surface area contributed by atoms with E-state index in [1.165, 1.54) is 5.56 Å². The van der Waals surface area contributed by atoms with Crippen molar-refractivity contribution in [1.82, 2.24) is 9.97 Å². The molecule has 0 radical (unpaired) electrons. The summed E-state index contributed by atoms with van der Waals surface area (Å²) in [6, 6.07) is 15.8. The van der Waals surface area contributed by atoms with Gasteiger partial charge in [-0.2, -0.15) is 4.98 Å². The van der Waals surface area contributed by atoms with Crippen LogP contribution >= 0.6 is 11.6 Å². The van der Waals surface area contributed by atoms with Crippen molar-refractivity contribution in [1.29, 1.82) is 0 Å². The maximum atomic E-state index is 6.16. The highest BCUT2D eigenvalue weighted by Crippen LogP contribution is 2.32. The Morgan fingerprint density at radius 3 is 2.69 bits per heavy atom. The third kappa shape index (κ3) is 4.64. The number of nitrogens with one attached hydrogen (secondary N) is 2. The smallest absolute Gasteiger partial charge is 0.224 e. The molecule has 5 nitrogen and oxygen atoms in total. The van der Waals surface area contributed by atoms with Gasteiger partial charge in [0, 0.05) is 23.8 Å². The first-order valence-electron chi connectivity index (χ1n) is 8.37. The van der Waals surface area contributed by atoms with Crippen LogP contribution in [-0.4, -0.2) is 23.6 Å². The molecule has 0 unspecified atom stereocenters. The SMILES string of the molecule is COc1cc(Cl)c(C)cc1Nc1ccnc(NCCc2ccccc2)n1. The summed E-state index contributed by atoms with van der Waals surface area (Å²) in [6.07, 6.45) is 2.63. The molecule has 3 aromatic rings. The van der Waals surface area contributed by atoms with Gasteiger partial charge in [-0.1, -0.05) is 41.9 Å². The van der Waals surface area contributed by atoms with Crippen molar-refractivity contribution < 1.29 is 4.74 Å². The van der Waals surface area contributed by atoms with E-state index in [4.69, 9.17) is 16.3 Å². The first-order valence-corrected chi connectivity index (χ1v) is 8.75. The van der Waals surface area contributed by atoms with Gasteiger partial charge in [-0.25, -0.2) is 4.98 Å². The third-order valence-electron chi connectivity index (χ3n) is 3.94. The van der Waals surface area contributed by atoms with E-state index in [1.54, 1.807) is 19.4 Å². The summed E-state index contributed by atoms with van der Waals surface area (Å²) >= 11 is 6.16. The van der Waals surface area contributed by atoms with Gasteiger partial charge >= 0.3 is 0 Å². The highest BCUT2D eigenvalue weighted by atomic mass is 35.5. The molecular weight excluding hydrogens is 348 g/mol. The highest BCUT2D eigenvalue weighted by Gasteiger charge is 2.08. The molecule has 0 saturated carbocycles. The molecule has 6 heteroatoms. The summed E-state index contributed by atoms with van der Waals surface area (Å²) in [7, 11) is 1.61. The van der Waals surface area contributed by atoms with Crippen LogP contribution in [-0.2, 0) is 6.42 Å². The second-order valence-electron chi connectivity index (χ2n) is 5.85. The summed E-state index contributed by atoms with van der Waals surface area (Å²) in [5, 5.41) is 7.18. The van der Waals surface area contributed by atoms with E-state index < -0.39 is 0 Å². The molecule has 0 fully saturated rings. The summed E-state index contributed by atoms with van der Waals surface area (Å²) < 4.78 is 5.39. The van der Waals surface area contributed by atoms with Gasteiger partial charge in [0.05, 0.1) is 12.8 Å². The molecule has 0 aliphatic rings. The van der Waals surface area contributed by atoms with Gasteiger partial charge in [0.1, 0.15) is 11.6 Å². The largest absolute Gasteiger partial charge is 0.495 e. The summed E-state index contributed by atoms with van der Waals surface area (Å²) in [5.41, 5.74) is 3.05. The van der Waals surface area contributed by atoms with Crippen LogP contribution in [0.2, 0.25) is 5.02 Å². The molecule has 2 N–H and O–H groups in total. The first-order chi connectivity index (χ1) is 12.7. The lowest BCUT2D eigenvalue weighted by Gasteiger charge is -2.13. The lowest BCUT2D eigenvalue weighted by Crippen LogP contribution is -2.08. The average Bonchev–Trinajstić information content (AvgIpc) is 2.66. The van der Waals surface area contributed by atoms with Gasteiger partial charge in [0.25, 0.3) is 0 Å². The Morgan fingerprint density at radius 2 is 1.92 bits per heavy atom. The zero-order valence-electron chi connectivity index (χ0n) is 14.8. The minimum atomic E-state index is 0.579. The van der Waals surface area contributed by atoms with Crippen LogP contribution in [0, 0.1) is 6.92 Å². The van der Waals surface area contributed by atoms with Gasteiger partial charge < -0.3 is 15.4 Å². The average molecular weight is 369 g/mol. The molecule has 2 aromatic carbocycles. The minimum Gasteiger partial charge on any atom is -0.495 e. The van der Waals surface area contributed by atoms with Crippen LogP contribution in [0.15, 0.2) is 54.7 Å². The molecule has 1 heterocycles. The van der Waals surface area contributed by atoms with Gasteiger partial charge in [-0.3, -0.25) is 0 Å². The van der Waals surface area contributed by atoms with Crippen molar-refractivity contribution in [2.75, 3.05) is 24.3 Å². The molecule has 0 bridgehead atoms. The van der Waals surface area contributed by atoms with E-state index >= 15 is 0 Å². The van der Waals surface area contributed by atoms with Crippen LogP contribution in [0.5, 0.6) is 5.75 Å². The molecular formula is C20H21ClN4O. The summed E-state index contributed by atoms with van der Waals surface area (Å²) in [5.74, 6) is 1.93. The van der Waals surface area contributed by atoms with Crippen LogP contribution < -0.4 is 15.4 Å². The molecule has 1 aromatic heterocycles. The van der Waals surface area contributed by atoms with Crippen molar-refractivity contribution in [3.63, 3.8) is 0 Å². The second kappa shape index (κ2) is 8.54. The van der Waals surface area contributed by atoms with E-state index in [9.17, 15) is 0 Å². The zero-order valence-corrected chi connectivity index (χ0v) is 15.5. The number of halogens is 1. The number of ether oxygens (including phenoxy) is 1. The fraction of sp³-hybridized carbons (Fsp3) is 0.200. The number of anilines is 3. The normalized spacial score (nSPS) is 10.4. The van der Waals surface area contributed by atoms with E-state index in [0.29, 0.717) is 22.5 Å². The van der Waals surface area contributed by atoms with Crippen molar-refractivity contribution in [3.8, 4) is 5.75 Å². The molecule has 26 heavy (non-hydrogen) atoms. The molecule has 0 amide bonds. The predicted molar refractivity (Wildman–Crippen MR) is 107 cm³/mol. The Balaban J connectivity index is 1.67. The maximum absolute atomic E-state index is 6.16. The number of nitrogens with zero attached hydrogens (tertiary/aromatic N) is 2. The van der Waals surface area contributed by atoms with Gasteiger partial charge in [-0.05, 0) is 36.6 Å². The Bertz CT molecular complexity index is 871. The molecule has 0 aliphatic carbocycles. The van der Waals surface area contributed by atoms with Crippen LogP contribution in [0.1, 0.15) is 11.1 Å².